The lowest BCUT2D eigenvalue weighted by Gasteiger charge is -2.25. The number of ketones is 1. The molecule has 2 aliphatic rings. The summed E-state index contributed by atoms with van der Waals surface area (Å²) in [5.41, 5.74) is 4.17. The molecule has 1 atom stereocenters. The number of aliphatic hydroxyl groups excluding tert-OH is 1. The molecule has 3 heterocycles. The van der Waals surface area contributed by atoms with Gasteiger partial charge in [-0.05, 0) is 47.9 Å². The third kappa shape index (κ3) is 3.43. The number of carbonyl (C=O) groups is 2. The first kappa shape index (κ1) is 20.0. The van der Waals surface area contributed by atoms with Crippen molar-refractivity contribution in [2.45, 2.75) is 25.9 Å². The van der Waals surface area contributed by atoms with Gasteiger partial charge in [0.25, 0.3) is 11.7 Å². The average Bonchev–Trinajstić information content (AvgIpc) is 3.37. The highest BCUT2D eigenvalue weighted by Crippen LogP contribution is 2.41. The molecule has 32 heavy (non-hydrogen) atoms. The van der Waals surface area contributed by atoms with Crippen molar-refractivity contribution in [3.63, 3.8) is 0 Å². The number of fused-ring (bicyclic) bond motifs is 1. The zero-order valence-electron chi connectivity index (χ0n) is 17.6. The summed E-state index contributed by atoms with van der Waals surface area (Å²) in [6.45, 7) is 2.77. The zero-order chi connectivity index (χ0) is 22.2. The van der Waals surface area contributed by atoms with E-state index in [0.717, 1.165) is 34.4 Å². The second-order valence-corrected chi connectivity index (χ2v) is 8.12. The number of rotatable bonds is 4. The van der Waals surface area contributed by atoms with E-state index in [4.69, 9.17) is 4.74 Å². The van der Waals surface area contributed by atoms with Gasteiger partial charge in [0.05, 0.1) is 18.2 Å². The number of likely N-dealkylation sites (tertiary alicyclic amines) is 1. The maximum atomic E-state index is 13.2. The summed E-state index contributed by atoms with van der Waals surface area (Å²) in [5.74, 6) is -0.701. The van der Waals surface area contributed by atoms with Crippen LogP contribution in [0.1, 0.15) is 33.9 Å². The summed E-state index contributed by atoms with van der Waals surface area (Å²) in [6.07, 6.45) is 4.08. The Morgan fingerprint density at radius 1 is 1.16 bits per heavy atom. The van der Waals surface area contributed by atoms with Gasteiger partial charge in [-0.25, -0.2) is 0 Å². The molecule has 0 saturated carbocycles. The molecular weight excluding hydrogens is 404 g/mol. The molecule has 1 unspecified atom stereocenters. The normalized spacial score (nSPS) is 19.2. The van der Waals surface area contributed by atoms with Crippen molar-refractivity contribution in [3.05, 3.63) is 100 Å². The van der Waals surface area contributed by atoms with Crippen molar-refractivity contribution in [1.29, 1.82) is 0 Å². The van der Waals surface area contributed by atoms with Crippen molar-refractivity contribution in [2.75, 3.05) is 6.61 Å². The molecule has 1 fully saturated rings. The van der Waals surface area contributed by atoms with Gasteiger partial charge in [-0.1, -0.05) is 35.9 Å². The van der Waals surface area contributed by atoms with Gasteiger partial charge in [0.2, 0.25) is 0 Å². The number of aliphatic hydroxyl groups is 1. The summed E-state index contributed by atoms with van der Waals surface area (Å²) >= 11 is 0. The van der Waals surface area contributed by atoms with E-state index in [1.165, 1.54) is 4.90 Å². The van der Waals surface area contributed by atoms with Crippen LogP contribution >= 0.6 is 0 Å². The maximum Gasteiger partial charge on any atom is 0.295 e. The summed E-state index contributed by atoms with van der Waals surface area (Å²) < 4.78 is 5.55. The number of hydrogen-bond donors (Lipinski definition) is 1. The molecular formula is C26H22N2O4. The standard InChI is InChI=1S/C26H22N2O4/c1-16-4-2-6-19(12-16)23-22(24(29)20-7-8-21-18(13-20)9-11-32-21)25(30)26(31)28(23)15-17-5-3-10-27-14-17/h2-8,10,12-14,23,29H,9,11,15H2,1H3/b24-22-. The van der Waals surface area contributed by atoms with Gasteiger partial charge in [-0.15, -0.1) is 0 Å². The second-order valence-electron chi connectivity index (χ2n) is 8.12. The maximum absolute atomic E-state index is 13.2. The van der Waals surface area contributed by atoms with Gasteiger partial charge in [0.1, 0.15) is 11.5 Å². The minimum Gasteiger partial charge on any atom is -0.507 e. The number of aromatic nitrogens is 1. The number of carbonyl (C=O) groups excluding carboxylic acids is 2. The van der Waals surface area contributed by atoms with E-state index in [9.17, 15) is 14.7 Å². The smallest absolute Gasteiger partial charge is 0.295 e. The molecule has 160 valence electrons. The lowest BCUT2D eigenvalue weighted by atomic mass is 9.93. The quantitative estimate of drug-likeness (QED) is 0.388. The predicted molar refractivity (Wildman–Crippen MR) is 119 cm³/mol. The van der Waals surface area contributed by atoms with E-state index >= 15 is 0 Å². The highest BCUT2D eigenvalue weighted by molar-refractivity contribution is 6.46. The van der Waals surface area contributed by atoms with Crippen LogP contribution < -0.4 is 4.74 Å². The van der Waals surface area contributed by atoms with Gasteiger partial charge in [-0.3, -0.25) is 14.6 Å². The Kier molecular flexibility index (Phi) is 4.98. The molecule has 3 aromatic rings. The largest absolute Gasteiger partial charge is 0.507 e. The molecule has 2 aromatic carbocycles. The van der Waals surface area contributed by atoms with Crippen LogP contribution in [0.25, 0.3) is 5.76 Å². The Labute approximate surface area is 185 Å². The molecule has 2 aliphatic heterocycles. The van der Waals surface area contributed by atoms with Crippen LogP contribution in [-0.4, -0.2) is 33.3 Å². The van der Waals surface area contributed by atoms with Crippen LogP contribution in [0.2, 0.25) is 0 Å². The molecule has 1 aromatic heterocycles. The molecule has 0 bridgehead atoms. The van der Waals surface area contributed by atoms with Gasteiger partial charge < -0.3 is 14.7 Å². The first-order valence-corrected chi connectivity index (χ1v) is 10.5. The molecule has 1 saturated heterocycles. The van der Waals surface area contributed by atoms with E-state index < -0.39 is 17.7 Å². The van der Waals surface area contributed by atoms with Crippen LogP contribution in [0.5, 0.6) is 5.75 Å². The summed E-state index contributed by atoms with van der Waals surface area (Å²) in [6, 6.07) is 16.0. The van der Waals surface area contributed by atoms with Crippen molar-refractivity contribution in [3.8, 4) is 5.75 Å². The fraction of sp³-hybridized carbons (Fsp3) is 0.192. The topological polar surface area (TPSA) is 79.7 Å². The van der Waals surface area contributed by atoms with Crippen LogP contribution in [0.3, 0.4) is 0 Å². The molecule has 1 amide bonds. The van der Waals surface area contributed by atoms with Crippen molar-refractivity contribution in [2.24, 2.45) is 0 Å². The highest BCUT2D eigenvalue weighted by atomic mass is 16.5. The average molecular weight is 426 g/mol. The number of Topliss-reactive ketones (excluding diaryl/α,β-unsaturated/α-hetero) is 1. The van der Waals surface area contributed by atoms with Crippen LogP contribution in [0.15, 0.2) is 72.6 Å². The second kappa shape index (κ2) is 7.96. The SMILES string of the molecule is Cc1cccc(C2/C(=C(/O)c3ccc4c(c3)CCO4)C(=O)C(=O)N2Cc2cccnc2)c1. The van der Waals surface area contributed by atoms with E-state index in [1.807, 2.05) is 43.3 Å². The number of hydrogen-bond acceptors (Lipinski definition) is 5. The lowest BCUT2D eigenvalue weighted by molar-refractivity contribution is -0.140. The number of pyridine rings is 1. The predicted octanol–water partition coefficient (Wildman–Crippen LogP) is 3.95. The first-order valence-electron chi connectivity index (χ1n) is 10.5. The fourth-order valence-electron chi connectivity index (χ4n) is 4.41. The molecule has 1 N–H and O–H groups in total. The Bertz CT molecular complexity index is 1250. The molecule has 0 radical (unpaired) electrons. The number of nitrogens with zero attached hydrogens (tertiary/aromatic N) is 2. The van der Waals surface area contributed by atoms with Crippen LogP contribution in [0, 0.1) is 6.92 Å². The van der Waals surface area contributed by atoms with E-state index in [0.29, 0.717) is 12.2 Å². The Morgan fingerprint density at radius 3 is 2.81 bits per heavy atom. The summed E-state index contributed by atoms with van der Waals surface area (Å²) in [5, 5.41) is 11.3. The molecule has 0 spiro atoms. The van der Waals surface area contributed by atoms with E-state index in [-0.39, 0.29) is 17.9 Å². The number of ether oxygens (including phenoxy) is 1. The van der Waals surface area contributed by atoms with Crippen molar-refractivity contribution < 1.29 is 19.4 Å². The van der Waals surface area contributed by atoms with Crippen molar-refractivity contribution >= 4 is 17.4 Å². The molecule has 6 heteroatoms. The van der Waals surface area contributed by atoms with Crippen LogP contribution in [0.4, 0.5) is 0 Å². The highest BCUT2D eigenvalue weighted by Gasteiger charge is 2.46. The summed E-state index contributed by atoms with van der Waals surface area (Å²) in [4.78, 5) is 31.9. The third-order valence-corrected chi connectivity index (χ3v) is 5.94. The van der Waals surface area contributed by atoms with Crippen molar-refractivity contribution in [1.82, 2.24) is 9.88 Å². The van der Waals surface area contributed by atoms with Gasteiger partial charge in [-0.2, -0.15) is 0 Å². The first-order chi connectivity index (χ1) is 15.5. The number of aryl methyl sites for hydroxylation is 1. The van der Waals surface area contributed by atoms with Crippen LogP contribution in [-0.2, 0) is 22.6 Å². The lowest BCUT2D eigenvalue weighted by Crippen LogP contribution is -2.29. The Hall–Kier alpha value is -3.93. The minimum absolute atomic E-state index is 0.100. The van der Waals surface area contributed by atoms with Gasteiger partial charge in [0, 0.05) is 30.9 Å². The third-order valence-electron chi connectivity index (χ3n) is 5.94. The molecule has 0 aliphatic carbocycles. The Balaban J connectivity index is 1.65. The zero-order valence-corrected chi connectivity index (χ0v) is 17.6. The molecule has 6 nitrogen and oxygen atoms in total. The van der Waals surface area contributed by atoms with Gasteiger partial charge >= 0.3 is 0 Å². The van der Waals surface area contributed by atoms with E-state index in [1.54, 1.807) is 30.6 Å². The van der Waals surface area contributed by atoms with Gasteiger partial charge in [0.15, 0.2) is 0 Å². The molecule has 5 rings (SSSR count). The minimum atomic E-state index is -0.695. The Morgan fingerprint density at radius 2 is 2.03 bits per heavy atom. The number of amides is 1. The van der Waals surface area contributed by atoms with E-state index in [2.05, 4.69) is 4.98 Å². The monoisotopic (exact) mass is 426 g/mol. The number of benzene rings is 2. The fourth-order valence-corrected chi connectivity index (χ4v) is 4.41. The summed E-state index contributed by atoms with van der Waals surface area (Å²) in [7, 11) is 0.